The van der Waals surface area contributed by atoms with Crippen LogP contribution in [0.1, 0.15) is 27.3 Å². The standard InChI is InChI=1S/C17H18BrNO4/c1-11-15(18)13(9-14(20)22-2)16(17(21)23-3)19(11)10-12-7-5-4-6-8-12/h4-8H,9-10H2,1-3H3. The van der Waals surface area contributed by atoms with Crippen molar-refractivity contribution in [3.05, 3.63) is 57.3 Å². The lowest BCUT2D eigenvalue weighted by atomic mass is 10.1. The number of nitrogens with zero attached hydrogens (tertiary/aromatic N) is 1. The van der Waals surface area contributed by atoms with E-state index in [0.29, 0.717) is 17.8 Å². The average molecular weight is 380 g/mol. The molecule has 0 unspecified atom stereocenters. The normalized spacial score (nSPS) is 10.4. The highest BCUT2D eigenvalue weighted by Crippen LogP contribution is 2.30. The molecule has 0 saturated heterocycles. The van der Waals surface area contributed by atoms with E-state index >= 15 is 0 Å². The molecule has 0 fully saturated rings. The molecule has 2 rings (SSSR count). The lowest BCUT2D eigenvalue weighted by Crippen LogP contribution is -2.16. The van der Waals surface area contributed by atoms with Crippen LogP contribution in [0.4, 0.5) is 0 Å². The fourth-order valence-corrected chi connectivity index (χ4v) is 2.98. The van der Waals surface area contributed by atoms with Crippen molar-refractivity contribution < 1.29 is 19.1 Å². The van der Waals surface area contributed by atoms with Gasteiger partial charge in [-0.05, 0) is 28.4 Å². The van der Waals surface area contributed by atoms with Gasteiger partial charge in [0.2, 0.25) is 0 Å². The first-order valence-electron chi connectivity index (χ1n) is 7.06. The number of esters is 2. The molecule has 0 saturated carbocycles. The van der Waals surface area contributed by atoms with Gasteiger partial charge in [0.1, 0.15) is 5.69 Å². The topological polar surface area (TPSA) is 57.5 Å². The van der Waals surface area contributed by atoms with Gasteiger partial charge in [-0.1, -0.05) is 30.3 Å². The average Bonchev–Trinajstić information content (AvgIpc) is 2.80. The van der Waals surface area contributed by atoms with Gasteiger partial charge in [0.15, 0.2) is 0 Å². The predicted octanol–water partition coefficient (Wildman–Crippen LogP) is 3.11. The second-order valence-corrected chi connectivity index (χ2v) is 5.84. The summed E-state index contributed by atoms with van der Waals surface area (Å²) in [5, 5.41) is 0. The highest BCUT2D eigenvalue weighted by Gasteiger charge is 2.26. The number of methoxy groups -OCH3 is 2. The maximum atomic E-state index is 12.3. The van der Waals surface area contributed by atoms with Gasteiger partial charge in [-0.15, -0.1) is 0 Å². The fraction of sp³-hybridized carbons (Fsp3) is 0.294. The zero-order valence-corrected chi connectivity index (χ0v) is 14.8. The van der Waals surface area contributed by atoms with E-state index in [1.54, 1.807) is 0 Å². The predicted molar refractivity (Wildman–Crippen MR) is 89.5 cm³/mol. The number of aromatic nitrogens is 1. The highest BCUT2D eigenvalue weighted by molar-refractivity contribution is 9.10. The molecule has 23 heavy (non-hydrogen) atoms. The first-order chi connectivity index (χ1) is 11.0. The van der Waals surface area contributed by atoms with Gasteiger partial charge in [-0.25, -0.2) is 4.79 Å². The van der Waals surface area contributed by atoms with Crippen molar-refractivity contribution in [3.8, 4) is 0 Å². The minimum absolute atomic E-state index is 0.00411. The van der Waals surface area contributed by atoms with E-state index in [0.717, 1.165) is 15.7 Å². The molecule has 122 valence electrons. The van der Waals surface area contributed by atoms with Gasteiger partial charge in [-0.3, -0.25) is 4.79 Å². The molecular formula is C17H18BrNO4. The quantitative estimate of drug-likeness (QED) is 0.748. The molecular weight excluding hydrogens is 362 g/mol. The second-order valence-electron chi connectivity index (χ2n) is 5.04. The molecule has 0 radical (unpaired) electrons. The summed E-state index contributed by atoms with van der Waals surface area (Å²) in [7, 11) is 2.65. The third-order valence-corrected chi connectivity index (χ3v) is 4.71. The van der Waals surface area contributed by atoms with Crippen LogP contribution in [0.2, 0.25) is 0 Å². The Labute approximate surface area is 143 Å². The van der Waals surface area contributed by atoms with Crippen LogP contribution in [0.15, 0.2) is 34.8 Å². The van der Waals surface area contributed by atoms with Gasteiger partial charge in [-0.2, -0.15) is 0 Å². The Kier molecular flexibility index (Phi) is 5.60. The molecule has 5 nitrogen and oxygen atoms in total. The molecule has 0 aliphatic carbocycles. The van der Waals surface area contributed by atoms with Gasteiger partial charge in [0, 0.05) is 22.3 Å². The van der Waals surface area contributed by atoms with Gasteiger partial charge < -0.3 is 14.0 Å². The lowest BCUT2D eigenvalue weighted by molar-refractivity contribution is -0.139. The van der Waals surface area contributed by atoms with Crippen LogP contribution >= 0.6 is 15.9 Å². The first-order valence-corrected chi connectivity index (χ1v) is 7.85. The smallest absolute Gasteiger partial charge is 0.355 e. The van der Waals surface area contributed by atoms with Crippen molar-refractivity contribution in [2.24, 2.45) is 0 Å². The van der Waals surface area contributed by atoms with Crippen molar-refractivity contribution in [3.63, 3.8) is 0 Å². The molecule has 1 aromatic carbocycles. The Morgan fingerprint density at radius 1 is 1.13 bits per heavy atom. The van der Waals surface area contributed by atoms with Crippen LogP contribution in [0, 0.1) is 6.92 Å². The first kappa shape index (κ1) is 17.3. The van der Waals surface area contributed by atoms with E-state index in [2.05, 4.69) is 15.9 Å². The SMILES string of the molecule is COC(=O)Cc1c(Br)c(C)n(Cc2ccccc2)c1C(=O)OC. The monoisotopic (exact) mass is 379 g/mol. The largest absolute Gasteiger partial charge is 0.469 e. The summed E-state index contributed by atoms with van der Waals surface area (Å²) in [5.41, 5.74) is 2.85. The molecule has 0 aliphatic rings. The Balaban J connectivity index is 2.54. The van der Waals surface area contributed by atoms with Gasteiger partial charge in [0.05, 0.1) is 20.6 Å². The highest BCUT2D eigenvalue weighted by atomic mass is 79.9. The zero-order chi connectivity index (χ0) is 17.0. The number of benzene rings is 1. The Morgan fingerprint density at radius 2 is 1.78 bits per heavy atom. The van der Waals surface area contributed by atoms with E-state index in [1.165, 1.54) is 14.2 Å². The summed E-state index contributed by atoms with van der Waals surface area (Å²) < 4.78 is 12.2. The molecule has 6 heteroatoms. The number of rotatable bonds is 5. The molecule has 1 heterocycles. The van der Waals surface area contributed by atoms with Crippen LogP contribution in [0.25, 0.3) is 0 Å². The van der Waals surface area contributed by atoms with Crippen molar-refractivity contribution in [1.29, 1.82) is 0 Å². The van der Waals surface area contributed by atoms with Crippen LogP contribution in [-0.4, -0.2) is 30.7 Å². The maximum absolute atomic E-state index is 12.3. The molecule has 1 aromatic heterocycles. The Morgan fingerprint density at radius 3 is 2.35 bits per heavy atom. The summed E-state index contributed by atoms with van der Waals surface area (Å²) in [6.45, 7) is 2.40. The Bertz CT molecular complexity index is 722. The minimum atomic E-state index is -0.478. The van der Waals surface area contributed by atoms with Gasteiger partial charge >= 0.3 is 11.9 Å². The zero-order valence-electron chi connectivity index (χ0n) is 13.3. The van der Waals surface area contributed by atoms with Crippen molar-refractivity contribution >= 4 is 27.9 Å². The van der Waals surface area contributed by atoms with E-state index in [9.17, 15) is 9.59 Å². The van der Waals surface area contributed by atoms with Crippen LogP contribution in [-0.2, 0) is 27.2 Å². The number of carbonyl (C=O) groups excluding carboxylic acids is 2. The van der Waals surface area contributed by atoms with E-state index in [4.69, 9.17) is 9.47 Å². The molecule has 0 atom stereocenters. The van der Waals surface area contributed by atoms with Crippen molar-refractivity contribution in [2.45, 2.75) is 19.9 Å². The number of hydrogen-bond acceptors (Lipinski definition) is 4. The maximum Gasteiger partial charge on any atom is 0.355 e. The molecule has 0 aliphatic heterocycles. The third-order valence-electron chi connectivity index (χ3n) is 3.65. The summed E-state index contributed by atoms with van der Waals surface area (Å²) >= 11 is 3.48. The molecule has 0 spiro atoms. The molecule has 0 bridgehead atoms. The fourth-order valence-electron chi connectivity index (χ4n) is 2.44. The molecule has 2 aromatic rings. The summed E-state index contributed by atoms with van der Waals surface area (Å²) in [5.74, 6) is -0.888. The van der Waals surface area contributed by atoms with Gasteiger partial charge in [0.25, 0.3) is 0 Å². The van der Waals surface area contributed by atoms with Crippen LogP contribution in [0.5, 0.6) is 0 Å². The van der Waals surface area contributed by atoms with E-state index in [1.807, 2.05) is 41.8 Å². The minimum Gasteiger partial charge on any atom is -0.469 e. The third kappa shape index (κ3) is 3.64. The van der Waals surface area contributed by atoms with E-state index in [-0.39, 0.29) is 6.42 Å². The second kappa shape index (κ2) is 7.46. The summed E-state index contributed by atoms with van der Waals surface area (Å²) in [6, 6.07) is 9.78. The summed E-state index contributed by atoms with van der Waals surface area (Å²) in [4.78, 5) is 23.9. The lowest BCUT2D eigenvalue weighted by Gasteiger charge is -2.11. The Hall–Kier alpha value is -2.08. The van der Waals surface area contributed by atoms with Crippen LogP contribution in [0.3, 0.4) is 0 Å². The number of hydrogen-bond donors (Lipinski definition) is 0. The molecule has 0 amide bonds. The number of carbonyl (C=O) groups is 2. The van der Waals surface area contributed by atoms with Crippen LogP contribution < -0.4 is 0 Å². The van der Waals surface area contributed by atoms with E-state index < -0.39 is 11.9 Å². The summed E-state index contributed by atoms with van der Waals surface area (Å²) in [6.07, 6.45) is 0.00411. The number of ether oxygens (including phenoxy) is 2. The van der Waals surface area contributed by atoms with Crippen molar-refractivity contribution in [2.75, 3.05) is 14.2 Å². The van der Waals surface area contributed by atoms with Crippen molar-refractivity contribution in [1.82, 2.24) is 4.57 Å². The molecule has 0 N–H and O–H groups in total. The number of halogens is 1.